The first-order valence-corrected chi connectivity index (χ1v) is 12.6. The van der Waals surface area contributed by atoms with Gasteiger partial charge in [-0.05, 0) is 29.3 Å². The van der Waals surface area contributed by atoms with Crippen LogP contribution in [0.4, 0.5) is 11.8 Å². The molecule has 3 aromatic carbocycles. The van der Waals surface area contributed by atoms with Gasteiger partial charge in [-0.15, -0.1) is 0 Å². The van der Waals surface area contributed by atoms with E-state index < -0.39 is 0 Å². The molecule has 0 aliphatic carbocycles. The molecule has 6 rings (SSSR count). The second kappa shape index (κ2) is 10.8. The highest BCUT2D eigenvalue weighted by molar-refractivity contribution is 5.87. The zero-order valence-electron chi connectivity index (χ0n) is 20.8. The van der Waals surface area contributed by atoms with Crippen LogP contribution in [0.15, 0.2) is 78.9 Å². The van der Waals surface area contributed by atoms with Crippen molar-refractivity contribution in [3.8, 4) is 22.9 Å². The number of H-pyrrole nitrogens is 1. The van der Waals surface area contributed by atoms with Crippen molar-refractivity contribution in [1.29, 1.82) is 0 Å². The van der Waals surface area contributed by atoms with E-state index in [4.69, 9.17) is 24.9 Å². The van der Waals surface area contributed by atoms with Crippen LogP contribution in [0.2, 0.25) is 0 Å². The molecule has 3 N–H and O–H groups in total. The number of nitrogens with one attached hydrogen (secondary N) is 1. The van der Waals surface area contributed by atoms with Crippen LogP contribution in [-0.2, 0) is 18.0 Å². The fourth-order valence-corrected chi connectivity index (χ4v) is 4.40. The molecule has 1 aliphatic rings. The average molecular weight is 509 g/mol. The van der Waals surface area contributed by atoms with E-state index in [9.17, 15) is 0 Å². The molecule has 5 aromatic rings. The number of hydrogen-bond donors (Lipinski definition) is 2. The Labute approximate surface area is 220 Å². The number of aromatic nitrogens is 4. The van der Waals surface area contributed by atoms with Crippen molar-refractivity contribution in [3.63, 3.8) is 0 Å². The van der Waals surface area contributed by atoms with Crippen LogP contribution in [0.5, 0.6) is 11.5 Å². The minimum Gasteiger partial charge on any atom is -0.485 e. The average Bonchev–Trinajstić information content (AvgIpc) is 3.40. The summed E-state index contributed by atoms with van der Waals surface area (Å²) < 4.78 is 17.9. The van der Waals surface area contributed by atoms with Crippen LogP contribution in [0.3, 0.4) is 0 Å². The fraction of sp³-hybridized carbons (Fsp3) is 0.207. The Bertz CT molecular complexity index is 1520. The molecule has 0 amide bonds. The number of morpholine rings is 1. The van der Waals surface area contributed by atoms with Gasteiger partial charge in [0.05, 0.1) is 13.2 Å². The molecule has 0 unspecified atom stereocenters. The van der Waals surface area contributed by atoms with Crippen molar-refractivity contribution in [3.05, 3.63) is 90.0 Å². The van der Waals surface area contributed by atoms with Gasteiger partial charge in [0.2, 0.25) is 5.95 Å². The first-order chi connectivity index (χ1) is 18.7. The van der Waals surface area contributed by atoms with Gasteiger partial charge >= 0.3 is 0 Å². The van der Waals surface area contributed by atoms with Gasteiger partial charge in [-0.2, -0.15) is 9.97 Å². The number of nitrogens with two attached hydrogens (primary N) is 1. The molecule has 0 radical (unpaired) electrons. The van der Waals surface area contributed by atoms with E-state index in [1.54, 1.807) is 0 Å². The summed E-state index contributed by atoms with van der Waals surface area (Å²) in [4.78, 5) is 19.2. The predicted octanol–water partition coefficient (Wildman–Crippen LogP) is 4.60. The quantitative estimate of drug-likeness (QED) is 0.313. The van der Waals surface area contributed by atoms with Gasteiger partial charge in [0, 0.05) is 18.7 Å². The van der Waals surface area contributed by atoms with Crippen molar-refractivity contribution < 1.29 is 14.2 Å². The third-order valence-electron chi connectivity index (χ3n) is 6.35. The lowest BCUT2D eigenvalue weighted by molar-refractivity contribution is 0.122. The molecule has 0 bridgehead atoms. The SMILES string of the molecule is Nc1nc(N2CCOCC2)c2[nH]c(-c3ccc(OCc4ccccc4)c(OCc4ccccc4)c3)nc2n1. The van der Waals surface area contributed by atoms with Gasteiger partial charge in [0.1, 0.15) is 24.6 Å². The standard InChI is InChI=1S/C29H28N6O3/c30-29-33-27-25(28(34-29)35-13-15-36-16-14-35)31-26(32-27)22-11-12-23(37-18-20-7-3-1-4-8-20)24(17-22)38-19-21-9-5-2-6-10-21/h1-12,17H,13-16,18-19H2,(H3,30,31,32,33,34). The highest BCUT2D eigenvalue weighted by atomic mass is 16.5. The Kier molecular flexibility index (Phi) is 6.73. The van der Waals surface area contributed by atoms with Crippen LogP contribution in [0.1, 0.15) is 11.1 Å². The number of ether oxygens (including phenoxy) is 3. The maximum absolute atomic E-state index is 6.25. The number of fused-ring (bicyclic) bond motifs is 1. The van der Waals surface area contributed by atoms with Gasteiger partial charge in [0.15, 0.2) is 23.0 Å². The Morgan fingerprint density at radius 2 is 1.45 bits per heavy atom. The molecule has 2 aromatic heterocycles. The lowest BCUT2D eigenvalue weighted by atomic mass is 10.2. The summed E-state index contributed by atoms with van der Waals surface area (Å²) >= 11 is 0. The normalized spacial score (nSPS) is 13.5. The molecular formula is C29H28N6O3. The molecule has 0 atom stereocenters. The number of rotatable bonds is 8. The zero-order chi connectivity index (χ0) is 25.7. The fourth-order valence-electron chi connectivity index (χ4n) is 4.40. The number of nitrogen functional groups attached to an aromatic ring is 1. The first-order valence-electron chi connectivity index (χ1n) is 12.6. The van der Waals surface area contributed by atoms with Crippen molar-refractivity contribution in [2.75, 3.05) is 36.9 Å². The van der Waals surface area contributed by atoms with E-state index in [1.165, 1.54) is 0 Å². The number of benzene rings is 3. The van der Waals surface area contributed by atoms with E-state index in [1.807, 2.05) is 78.9 Å². The second-order valence-corrected chi connectivity index (χ2v) is 9.00. The number of imidazole rings is 1. The van der Waals surface area contributed by atoms with Crippen LogP contribution < -0.4 is 20.1 Å². The lowest BCUT2D eigenvalue weighted by Crippen LogP contribution is -2.37. The monoisotopic (exact) mass is 508 g/mol. The summed E-state index contributed by atoms with van der Waals surface area (Å²) in [5.74, 6) is 2.85. The summed E-state index contributed by atoms with van der Waals surface area (Å²) in [6.07, 6.45) is 0. The molecule has 0 saturated carbocycles. The molecule has 192 valence electrons. The molecule has 3 heterocycles. The van der Waals surface area contributed by atoms with Gasteiger partial charge in [-0.3, -0.25) is 0 Å². The Morgan fingerprint density at radius 3 is 2.13 bits per heavy atom. The van der Waals surface area contributed by atoms with Gasteiger partial charge in [0.25, 0.3) is 0 Å². The Balaban J connectivity index is 1.33. The highest BCUT2D eigenvalue weighted by Gasteiger charge is 2.20. The molecule has 1 fully saturated rings. The molecular weight excluding hydrogens is 480 g/mol. The maximum atomic E-state index is 6.25. The molecule has 1 saturated heterocycles. The zero-order valence-corrected chi connectivity index (χ0v) is 20.8. The van der Waals surface area contributed by atoms with Gasteiger partial charge in [-0.25, -0.2) is 4.98 Å². The first kappa shape index (κ1) is 23.7. The minimum atomic E-state index is 0.189. The van der Waals surface area contributed by atoms with E-state index in [0.717, 1.165) is 41.1 Å². The van der Waals surface area contributed by atoms with Crippen LogP contribution in [0, 0.1) is 0 Å². The van der Waals surface area contributed by atoms with Gasteiger partial charge in [-0.1, -0.05) is 60.7 Å². The topological polar surface area (TPSA) is 111 Å². The highest BCUT2D eigenvalue weighted by Crippen LogP contribution is 2.34. The van der Waals surface area contributed by atoms with E-state index >= 15 is 0 Å². The second-order valence-electron chi connectivity index (χ2n) is 9.00. The molecule has 9 heteroatoms. The molecule has 9 nitrogen and oxygen atoms in total. The Morgan fingerprint density at radius 1 is 0.789 bits per heavy atom. The maximum Gasteiger partial charge on any atom is 0.224 e. The summed E-state index contributed by atoms with van der Waals surface area (Å²) in [6.45, 7) is 3.58. The molecule has 38 heavy (non-hydrogen) atoms. The van der Waals surface area contributed by atoms with Crippen molar-refractivity contribution in [2.24, 2.45) is 0 Å². The third kappa shape index (κ3) is 5.23. The van der Waals surface area contributed by atoms with E-state index in [-0.39, 0.29) is 5.95 Å². The minimum absolute atomic E-state index is 0.189. The summed E-state index contributed by atoms with van der Waals surface area (Å²) in [6, 6.07) is 25.9. The lowest BCUT2D eigenvalue weighted by Gasteiger charge is -2.27. The largest absolute Gasteiger partial charge is 0.485 e. The summed E-state index contributed by atoms with van der Waals surface area (Å²) in [7, 11) is 0. The van der Waals surface area contributed by atoms with Crippen LogP contribution in [0.25, 0.3) is 22.6 Å². The van der Waals surface area contributed by atoms with E-state index in [0.29, 0.717) is 49.4 Å². The molecule has 0 spiro atoms. The van der Waals surface area contributed by atoms with Crippen LogP contribution >= 0.6 is 0 Å². The summed E-state index contributed by atoms with van der Waals surface area (Å²) in [5.41, 5.74) is 10.3. The van der Waals surface area contributed by atoms with Crippen molar-refractivity contribution >= 4 is 22.9 Å². The summed E-state index contributed by atoms with van der Waals surface area (Å²) in [5, 5.41) is 0. The number of nitrogens with zero attached hydrogens (tertiary/aromatic N) is 4. The van der Waals surface area contributed by atoms with Gasteiger partial charge < -0.3 is 29.8 Å². The van der Waals surface area contributed by atoms with Crippen molar-refractivity contribution in [2.45, 2.75) is 13.2 Å². The number of anilines is 2. The van der Waals surface area contributed by atoms with Crippen LogP contribution in [-0.4, -0.2) is 46.2 Å². The number of aromatic amines is 1. The molecule has 1 aliphatic heterocycles. The number of hydrogen-bond acceptors (Lipinski definition) is 8. The predicted molar refractivity (Wildman–Crippen MR) is 146 cm³/mol. The van der Waals surface area contributed by atoms with E-state index in [2.05, 4.69) is 19.9 Å². The Hall–Kier alpha value is -4.63. The smallest absolute Gasteiger partial charge is 0.224 e. The third-order valence-corrected chi connectivity index (χ3v) is 6.35. The van der Waals surface area contributed by atoms with Crippen molar-refractivity contribution in [1.82, 2.24) is 19.9 Å².